The van der Waals surface area contributed by atoms with E-state index in [4.69, 9.17) is 18.0 Å². The zero-order valence-corrected chi connectivity index (χ0v) is 13.0. The molecule has 3 aromatic rings. The Kier molecular flexibility index (Phi) is 4.08. The average Bonchev–Trinajstić information content (AvgIpc) is 2.91. The fourth-order valence-electron chi connectivity index (χ4n) is 2.16. The van der Waals surface area contributed by atoms with Crippen molar-refractivity contribution < 1.29 is 4.39 Å². The van der Waals surface area contributed by atoms with Crippen molar-refractivity contribution >= 4 is 28.6 Å². The molecule has 8 heteroatoms. The lowest BCUT2D eigenvalue weighted by Gasteiger charge is -2.07. The van der Waals surface area contributed by atoms with Crippen LogP contribution >= 0.6 is 11.6 Å². The first kappa shape index (κ1) is 15.2. The maximum Gasteiger partial charge on any atom is 0.184 e. The summed E-state index contributed by atoms with van der Waals surface area (Å²) in [5.74, 6) is 3.09. The summed E-state index contributed by atoms with van der Waals surface area (Å²) >= 11 is 6.06. The molecule has 0 radical (unpaired) electrons. The first-order valence-corrected chi connectivity index (χ1v) is 7.16. The van der Waals surface area contributed by atoms with Gasteiger partial charge in [0.2, 0.25) is 0 Å². The predicted octanol–water partition coefficient (Wildman–Crippen LogP) is 2.42. The molecule has 0 saturated carbocycles. The second-order valence-corrected chi connectivity index (χ2v) is 5.20. The van der Waals surface area contributed by atoms with E-state index in [0.29, 0.717) is 39.9 Å². The van der Waals surface area contributed by atoms with Crippen LogP contribution in [-0.4, -0.2) is 31.5 Å². The number of fused-ring (bicyclic) bond motifs is 1. The van der Waals surface area contributed by atoms with Crippen LogP contribution < -0.4 is 5.32 Å². The molecule has 116 valence electrons. The van der Waals surface area contributed by atoms with Crippen LogP contribution in [0.1, 0.15) is 11.4 Å². The lowest BCUT2D eigenvalue weighted by Crippen LogP contribution is -2.07. The van der Waals surface area contributed by atoms with Crippen LogP contribution in [-0.2, 0) is 6.54 Å². The van der Waals surface area contributed by atoms with Gasteiger partial charge in [0.25, 0.3) is 0 Å². The fourth-order valence-corrected chi connectivity index (χ4v) is 2.39. The van der Waals surface area contributed by atoms with Gasteiger partial charge >= 0.3 is 0 Å². The van der Waals surface area contributed by atoms with Gasteiger partial charge in [-0.05, 0) is 19.1 Å². The molecule has 3 rings (SSSR count). The average molecular weight is 331 g/mol. The fraction of sp³-hybridized carbons (Fsp3) is 0.200. The first-order chi connectivity index (χ1) is 11.1. The van der Waals surface area contributed by atoms with Gasteiger partial charge in [0.15, 0.2) is 17.0 Å². The van der Waals surface area contributed by atoms with E-state index in [1.54, 1.807) is 19.1 Å². The van der Waals surface area contributed by atoms with Crippen LogP contribution in [0.2, 0.25) is 5.02 Å². The highest BCUT2D eigenvalue weighted by Gasteiger charge is 2.15. The van der Waals surface area contributed by atoms with Gasteiger partial charge in [0.05, 0.1) is 13.1 Å². The third-order valence-corrected chi connectivity index (χ3v) is 3.56. The van der Waals surface area contributed by atoms with Crippen molar-refractivity contribution in [2.24, 2.45) is 0 Å². The molecule has 2 aromatic heterocycles. The Bertz CT molecular complexity index is 894. The maximum absolute atomic E-state index is 14.0. The molecule has 0 aliphatic heterocycles. The predicted molar refractivity (Wildman–Crippen MR) is 85.7 cm³/mol. The molecule has 0 aliphatic carbocycles. The van der Waals surface area contributed by atoms with E-state index < -0.39 is 5.82 Å². The number of anilines is 1. The zero-order valence-electron chi connectivity index (χ0n) is 12.2. The number of terminal acetylenes is 1. The van der Waals surface area contributed by atoms with Crippen LogP contribution in [0.5, 0.6) is 0 Å². The van der Waals surface area contributed by atoms with Crippen molar-refractivity contribution in [3.63, 3.8) is 0 Å². The van der Waals surface area contributed by atoms with Crippen LogP contribution in [0.15, 0.2) is 18.2 Å². The van der Waals surface area contributed by atoms with Crippen LogP contribution in [0.4, 0.5) is 10.2 Å². The van der Waals surface area contributed by atoms with Crippen LogP contribution in [0.3, 0.4) is 0 Å². The van der Waals surface area contributed by atoms with Gasteiger partial charge in [-0.2, -0.15) is 0 Å². The summed E-state index contributed by atoms with van der Waals surface area (Å²) in [5, 5.41) is 11.4. The van der Waals surface area contributed by atoms with Gasteiger partial charge in [-0.3, -0.25) is 0 Å². The van der Waals surface area contributed by atoms with Crippen molar-refractivity contribution in [2.75, 3.05) is 11.9 Å². The summed E-state index contributed by atoms with van der Waals surface area (Å²) < 4.78 is 15.4. The normalized spacial score (nSPS) is 10.7. The van der Waals surface area contributed by atoms with Gasteiger partial charge in [-0.1, -0.05) is 28.8 Å². The van der Waals surface area contributed by atoms with Gasteiger partial charge in [-0.15, -0.1) is 11.5 Å². The summed E-state index contributed by atoms with van der Waals surface area (Å²) in [5.41, 5.74) is 1.28. The van der Waals surface area contributed by atoms with E-state index in [9.17, 15) is 4.39 Å². The third kappa shape index (κ3) is 2.94. The molecule has 0 spiro atoms. The molecule has 0 fully saturated rings. The molecule has 1 N–H and O–H groups in total. The largest absolute Gasteiger partial charge is 0.357 e. The third-order valence-electron chi connectivity index (χ3n) is 3.20. The lowest BCUT2D eigenvalue weighted by atomic mass is 10.2. The molecular formula is C15H12ClFN6. The number of benzene rings is 1. The van der Waals surface area contributed by atoms with Crippen molar-refractivity contribution in [3.8, 4) is 12.3 Å². The Labute approximate surface area is 136 Å². The summed E-state index contributed by atoms with van der Waals surface area (Å²) in [6, 6.07) is 4.52. The number of nitrogens with one attached hydrogen (secondary N) is 1. The highest BCUT2D eigenvalue weighted by molar-refractivity contribution is 6.31. The van der Waals surface area contributed by atoms with Crippen molar-refractivity contribution in [2.45, 2.75) is 13.5 Å². The van der Waals surface area contributed by atoms with Gasteiger partial charge in [0.1, 0.15) is 11.6 Å². The van der Waals surface area contributed by atoms with Crippen LogP contribution in [0, 0.1) is 25.1 Å². The molecule has 0 saturated heterocycles. The molecule has 0 aliphatic rings. The highest BCUT2D eigenvalue weighted by atomic mass is 35.5. The number of aryl methyl sites for hydroxylation is 1. The quantitative estimate of drug-likeness (QED) is 0.744. The SMILES string of the molecule is C#CCNc1nc(C)nc2c1nnn2Cc1c(F)cccc1Cl. The second-order valence-electron chi connectivity index (χ2n) is 4.80. The number of aromatic nitrogens is 5. The molecule has 6 nitrogen and oxygen atoms in total. The first-order valence-electron chi connectivity index (χ1n) is 6.78. The van der Waals surface area contributed by atoms with Gasteiger partial charge < -0.3 is 5.32 Å². The highest BCUT2D eigenvalue weighted by Crippen LogP contribution is 2.22. The molecule has 1 aromatic carbocycles. The molecule has 0 bridgehead atoms. The van der Waals surface area contributed by atoms with E-state index >= 15 is 0 Å². The molecule has 0 unspecified atom stereocenters. The maximum atomic E-state index is 14.0. The van der Waals surface area contributed by atoms with Crippen LogP contribution in [0.25, 0.3) is 11.2 Å². The topological polar surface area (TPSA) is 68.5 Å². The number of hydrogen-bond acceptors (Lipinski definition) is 5. The lowest BCUT2D eigenvalue weighted by molar-refractivity contribution is 0.582. The van der Waals surface area contributed by atoms with Crippen molar-refractivity contribution in [1.82, 2.24) is 25.0 Å². The van der Waals surface area contributed by atoms with E-state index in [-0.39, 0.29) is 6.54 Å². The summed E-state index contributed by atoms with van der Waals surface area (Å²) in [4.78, 5) is 8.59. The minimum atomic E-state index is -0.405. The standard InChI is InChI=1S/C15H12ClFN6/c1-3-7-18-14-13-15(20-9(2)19-14)23(22-21-13)8-10-11(16)5-4-6-12(10)17/h1,4-6H,7-8H2,2H3,(H,18,19,20). The molecule has 0 amide bonds. The van der Waals surface area contributed by atoms with E-state index in [0.717, 1.165) is 0 Å². The number of halogens is 2. The second kappa shape index (κ2) is 6.18. The van der Waals surface area contributed by atoms with E-state index in [2.05, 4.69) is 31.5 Å². The van der Waals surface area contributed by atoms with E-state index in [1.807, 2.05) is 0 Å². The van der Waals surface area contributed by atoms with Gasteiger partial charge in [0, 0.05) is 10.6 Å². The molecule has 0 atom stereocenters. The summed E-state index contributed by atoms with van der Waals surface area (Å²) in [6.07, 6.45) is 5.25. The smallest absolute Gasteiger partial charge is 0.184 e. The van der Waals surface area contributed by atoms with Gasteiger partial charge in [-0.25, -0.2) is 19.0 Å². The molecule has 2 heterocycles. The summed E-state index contributed by atoms with van der Waals surface area (Å²) in [7, 11) is 0. The Morgan fingerprint density at radius 2 is 2.22 bits per heavy atom. The zero-order chi connectivity index (χ0) is 16.4. The van der Waals surface area contributed by atoms with E-state index in [1.165, 1.54) is 10.7 Å². The Hall–Kier alpha value is -2.72. The molecular weight excluding hydrogens is 319 g/mol. The Balaban J connectivity index is 2.06. The Morgan fingerprint density at radius 1 is 1.39 bits per heavy atom. The molecule has 23 heavy (non-hydrogen) atoms. The monoisotopic (exact) mass is 330 g/mol. The minimum Gasteiger partial charge on any atom is -0.357 e. The number of nitrogens with zero attached hydrogens (tertiary/aromatic N) is 5. The van der Waals surface area contributed by atoms with Crippen molar-refractivity contribution in [1.29, 1.82) is 0 Å². The number of rotatable bonds is 4. The summed E-state index contributed by atoms with van der Waals surface area (Å²) in [6.45, 7) is 2.17. The Morgan fingerprint density at radius 3 is 2.96 bits per heavy atom. The minimum absolute atomic E-state index is 0.118. The number of hydrogen-bond donors (Lipinski definition) is 1. The van der Waals surface area contributed by atoms with Crippen molar-refractivity contribution in [3.05, 3.63) is 40.4 Å².